The molecule has 0 atom stereocenters. The molecule has 2 aromatic carbocycles. The number of hydrogen-bond donors (Lipinski definition) is 1. The zero-order valence-electron chi connectivity index (χ0n) is 12.6. The van der Waals surface area contributed by atoms with Crippen molar-refractivity contribution in [2.24, 2.45) is 0 Å². The van der Waals surface area contributed by atoms with Crippen molar-refractivity contribution in [3.05, 3.63) is 62.7 Å². The molecule has 0 aliphatic carbocycles. The lowest BCUT2D eigenvalue weighted by molar-refractivity contribution is -0.384. The fourth-order valence-electron chi connectivity index (χ4n) is 2.10. The summed E-state index contributed by atoms with van der Waals surface area (Å²) in [6.07, 6.45) is 0. The molecule has 1 amide bonds. The maximum Gasteiger partial charge on any atom is 0.270 e. The van der Waals surface area contributed by atoms with E-state index in [1.807, 2.05) is 0 Å². The van der Waals surface area contributed by atoms with Gasteiger partial charge >= 0.3 is 0 Å². The summed E-state index contributed by atoms with van der Waals surface area (Å²) >= 11 is 5.77. The van der Waals surface area contributed by atoms with Crippen LogP contribution >= 0.6 is 11.6 Å². The van der Waals surface area contributed by atoms with Gasteiger partial charge in [0.25, 0.3) is 11.6 Å². The minimum Gasteiger partial charge on any atom is -0.484 e. The number of aryl methyl sites for hydroxylation is 2. The Morgan fingerprint density at radius 1 is 1.22 bits per heavy atom. The summed E-state index contributed by atoms with van der Waals surface area (Å²) in [5.74, 6) is 0.182. The quantitative estimate of drug-likeness (QED) is 0.664. The summed E-state index contributed by atoms with van der Waals surface area (Å²) in [6, 6.07) is 9.50. The Morgan fingerprint density at radius 2 is 1.78 bits per heavy atom. The predicted molar refractivity (Wildman–Crippen MR) is 88.1 cm³/mol. The van der Waals surface area contributed by atoms with Crippen LogP contribution in [0, 0.1) is 24.0 Å². The Balaban J connectivity index is 2.02. The largest absolute Gasteiger partial charge is 0.484 e. The summed E-state index contributed by atoms with van der Waals surface area (Å²) in [7, 11) is 0. The minimum atomic E-state index is -0.463. The molecule has 120 valence electrons. The number of benzene rings is 2. The molecule has 7 heteroatoms. The molecular weight excluding hydrogens is 320 g/mol. The number of nitrogens with zero attached hydrogens (tertiary/aromatic N) is 1. The molecule has 2 rings (SSSR count). The number of rotatable bonds is 5. The summed E-state index contributed by atoms with van der Waals surface area (Å²) in [6.45, 7) is 3.24. The summed E-state index contributed by atoms with van der Waals surface area (Å²) in [5, 5.41) is 14.1. The summed E-state index contributed by atoms with van der Waals surface area (Å²) in [5.41, 5.74) is 1.80. The van der Waals surface area contributed by atoms with Crippen LogP contribution in [0.1, 0.15) is 11.1 Å². The highest BCUT2D eigenvalue weighted by atomic mass is 35.5. The van der Waals surface area contributed by atoms with Gasteiger partial charge in [0.15, 0.2) is 6.61 Å². The second-order valence-electron chi connectivity index (χ2n) is 5.00. The smallest absolute Gasteiger partial charge is 0.270 e. The Morgan fingerprint density at radius 3 is 2.30 bits per heavy atom. The lowest BCUT2D eigenvalue weighted by Gasteiger charge is -2.12. The first-order valence-electron chi connectivity index (χ1n) is 6.80. The number of carbonyl (C=O) groups is 1. The third kappa shape index (κ3) is 4.43. The molecule has 6 nitrogen and oxygen atoms in total. The number of nitro groups is 1. The number of amides is 1. The molecule has 0 aromatic heterocycles. The highest BCUT2D eigenvalue weighted by Gasteiger charge is 2.14. The molecule has 0 spiro atoms. The molecule has 0 heterocycles. The predicted octanol–water partition coefficient (Wildman–Crippen LogP) is 3.88. The van der Waals surface area contributed by atoms with Gasteiger partial charge in [0, 0.05) is 22.8 Å². The van der Waals surface area contributed by atoms with Gasteiger partial charge in [0.1, 0.15) is 5.75 Å². The van der Waals surface area contributed by atoms with Crippen LogP contribution in [0.2, 0.25) is 5.02 Å². The monoisotopic (exact) mass is 334 g/mol. The first-order chi connectivity index (χ1) is 10.9. The van der Waals surface area contributed by atoms with Crippen molar-refractivity contribution in [1.82, 2.24) is 0 Å². The van der Waals surface area contributed by atoms with E-state index in [1.54, 1.807) is 38.1 Å². The third-order valence-electron chi connectivity index (χ3n) is 3.18. The number of nitro benzene ring substituents is 1. The summed E-state index contributed by atoms with van der Waals surface area (Å²) < 4.78 is 5.36. The first kappa shape index (κ1) is 16.8. The van der Waals surface area contributed by atoms with Gasteiger partial charge in [-0.05, 0) is 49.2 Å². The number of hydrogen-bond acceptors (Lipinski definition) is 4. The third-order valence-corrected chi connectivity index (χ3v) is 3.43. The van der Waals surface area contributed by atoms with Gasteiger partial charge < -0.3 is 10.1 Å². The molecule has 0 unspecified atom stereocenters. The van der Waals surface area contributed by atoms with Crippen LogP contribution in [-0.4, -0.2) is 17.4 Å². The first-order valence-corrected chi connectivity index (χ1v) is 7.18. The average Bonchev–Trinajstić information content (AvgIpc) is 2.50. The number of carbonyl (C=O) groups excluding carboxylic acids is 1. The number of anilines is 1. The molecule has 0 aliphatic rings. The fraction of sp³-hybridized carbons (Fsp3) is 0.188. The highest BCUT2D eigenvalue weighted by molar-refractivity contribution is 6.30. The SMILES string of the molecule is Cc1cc([N+](=O)[O-])cc(C)c1NC(=O)COc1ccc(Cl)cc1. The Kier molecular flexibility index (Phi) is 5.18. The molecule has 0 bridgehead atoms. The van der Waals surface area contributed by atoms with Crippen LogP contribution in [-0.2, 0) is 4.79 Å². The average molecular weight is 335 g/mol. The van der Waals surface area contributed by atoms with Crippen molar-refractivity contribution >= 4 is 28.9 Å². The van der Waals surface area contributed by atoms with E-state index in [4.69, 9.17) is 16.3 Å². The fourth-order valence-corrected chi connectivity index (χ4v) is 2.22. The Bertz CT molecular complexity index is 721. The van der Waals surface area contributed by atoms with E-state index in [9.17, 15) is 14.9 Å². The molecule has 1 N–H and O–H groups in total. The van der Waals surface area contributed by atoms with Crippen LogP contribution in [0.4, 0.5) is 11.4 Å². The number of ether oxygens (including phenoxy) is 1. The molecular formula is C16H15ClN2O4. The van der Waals surface area contributed by atoms with Crippen LogP contribution in [0.25, 0.3) is 0 Å². The number of non-ortho nitro benzene ring substituents is 1. The lowest BCUT2D eigenvalue weighted by atomic mass is 10.1. The lowest BCUT2D eigenvalue weighted by Crippen LogP contribution is -2.21. The zero-order chi connectivity index (χ0) is 17.0. The van der Waals surface area contributed by atoms with Crippen LogP contribution < -0.4 is 10.1 Å². The molecule has 2 aromatic rings. The maximum atomic E-state index is 12.0. The van der Waals surface area contributed by atoms with Crippen molar-refractivity contribution < 1.29 is 14.5 Å². The summed E-state index contributed by atoms with van der Waals surface area (Å²) in [4.78, 5) is 22.3. The standard InChI is InChI=1S/C16H15ClN2O4/c1-10-7-13(19(21)22)8-11(2)16(10)18-15(20)9-23-14-5-3-12(17)4-6-14/h3-8H,9H2,1-2H3,(H,18,20). The number of nitrogens with one attached hydrogen (secondary N) is 1. The van der Waals surface area contributed by atoms with E-state index >= 15 is 0 Å². The maximum absolute atomic E-state index is 12.0. The molecule has 0 saturated heterocycles. The Labute approximate surface area is 138 Å². The normalized spacial score (nSPS) is 10.2. The van der Waals surface area contributed by atoms with E-state index < -0.39 is 4.92 Å². The zero-order valence-corrected chi connectivity index (χ0v) is 13.4. The van der Waals surface area contributed by atoms with E-state index in [-0.39, 0.29) is 18.2 Å². The van der Waals surface area contributed by atoms with Crippen LogP contribution in [0.5, 0.6) is 5.75 Å². The van der Waals surface area contributed by atoms with Crippen molar-refractivity contribution in [1.29, 1.82) is 0 Å². The second-order valence-corrected chi connectivity index (χ2v) is 5.44. The van der Waals surface area contributed by atoms with Crippen molar-refractivity contribution in [2.75, 3.05) is 11.9 Å². The van der Waals surface area contributed by atoms with Gasteiger partial charge in [-0.3, -0.25) is 14.9 Å². The van der Waals surface area contributed by atoms with Gasteiger partial charge in [0.05, 0.1) is 4.92 Å². The topological polar surface area (TPSA) is 81.5 Å². The molecule has 0 radical (unpaired) electrons. The van der Waals surface area contributed by atoms with Crippen LogP contribution in [0.15, 0.2) is 36.4 Å². The van der Waals surface area contributed by atoms with Gasteiger partial charge in [-0.25, -0.2) is 0 Å². The highest BCUT2D eigenvalue weighted by Crippen LogP contribution is 2.26. The van der Waals surface area contributed by atoms with Crippen LogP contribution in [0.3, 0.4) is 0 Å². The number of halogens is 1. The van der Waals surface area contributed by atoms with Crippen molar-refractivity contribution in [3.63, 3.8) is 0 Å². The minimum absolute atomic E-state index is 0.00425. The van der Waals surface area contributed by atoms with Gasteiger partial charge in [0.2, 0.25) is 0 Å². The van der Waals surface area contributed by atoms with E-state index in [1.165, 1.54) is 12.1 Å². The van der Waals surface area contributed by atoms with E-state index in [2.05, 4.69) is 5.32 Å². The van der Waals surface area contributed by atoms with Gasteiger partial charge in [-0.2, -0.15) is 0 Å². The van der Waals surface area contributed by atoms with E-state index in [0.29, 0.717) is 27.6 Å². The van der Waals surface area contributed by atoms with Crippen molar-refractivity contribution in [2.45, 2.75) is 13.8 Å². The molecule has 23 heavy (non-hydrogen) atoms. The van der Waals surface area contributed by atoms with E-state index in [0.717, 1.165) is 0 Å². The molecule has 0 saturated carbocycles. The second kappa shape index (κ2) is 7.11. The molecule has 0 aliphatic heterocycles. The van der Waals surface area contributed by atoms with Gasteiger partial charge in [-0.15, -0.1) is 0 Å². The van der Waals surface area contributed by atoms with Crippen molar-refractivity contribution in [3.8, 4) is 5.75 Å². The van der Waals surface area contributed by atoms with Gasteiger partial charge in [-0.1, -0.05) is 11.6 Å². The molecule has 0 fully saturated rings. The Hall–Kier alpha value is -2.60.